The molecule has 1 aromatic heterocycles. The van der Waals surface area contributed by atoms with Crippen molar-refractivity contribution in [3.8, 4) is 0 Å². The summed E-state index contributed by atoms with van der Waals surface area (Å²) in [6, 6.07) is 4.11. The highest BCUT2D eigenvalue weighted by molar-refractivity contribution is 14.0. The van der Waals surface area contributed by atoms with Crippen molar-refractivity contribution in [1.82, 2.24) is 20.0 Å². The molecule has 1 aromatic rings. The molecule has 1 saturated heterocycles. The second kappa shape index (κ2) is 13.8. The summed E-state index contributed by atoms with van der Waals surface area (Å²) in [5, 5.41) is 3.32. The van der Waals surface area contributed by atoms with Crippen LogP contribution < -0.4 is 5.32 Å². The van der Waals surface area contributed by atoms with Crippen molar-refractivity contribution < 1.29 is 9.21 Å². The van der Waals surface area contributed by atoms with Gasteiger partial charge in [0.2, 0.25) is 5.91 Å². The van der Waals surface area contributed by atoms with Crippen molar-refractivity contribution in [2.24, 2.45) is 4.99 Å². The number of hydrogen-bond acceptors (Lipinski definition) is 4. The van der Waals surface area contributed by atoms with Crippen LogP contribution in [0.25, 0.3) is 0 Å². The molecule has 2 rings (SSSR count). The Morgan fingerprint density at radius 2 is 1.93 bits per heavy atom. The standard InChI is InChI=1S/C21H37N5O2.HI/c1-5-22-21(24(4)17-20(27)25(6-2)7-3)23-16-18(19-12-11-15-28-19)26-13-9-8-10-14-26;/h11-12,15,18H,5-10,13-14,16-17H2,1-4H3,(H,22,23);1H. The van der Waals surface area contributed by atoms with Crippen molar-refractivity contribution in [1.29, 1.82) is 0 Å². The zero-order valence-electron chi connectivity index (χ0n) is 18.4. The molecule has 166 valence electrons. The first-order valence-electron chi connectivity index (χ1n) is 10.6. The highest BCUT2D eigenvalue weighted by Gasteiger charge is 2.25. The number of guanidine groups is 1. The Morgan fingerprint density at radius 3 is 2.48 bits per heavy atom. The normalized spacial score (nSPS) is 16.1. The maximum atomic E-state index is 12.5. The third-order valence-corrected chi connectivity index (χ3v) is 5.30. The fourth-order valence-electron chi connectivity index (χ4n) is 3.69. The number of aliphatic imine (C=N–C) groups is 1. The topological polar surface area (TPSA) is 64.3 Å². The highest BCUT2D eigenvalue weighted by atomic mass is 127. The lowest BCUT2D eigenvalue weighted by Gasteiger charge is -2.33. The van der Waals surface area contributed by atoms with Gasteiger partial charge in [0.1, 0.15) is 5.76 Å². The molecular formula is C21H38IN5O2. The minimum absolute atomic E-state index is 0. The van der Waals surface area contributed by atoms with E-state index in [0.717, 1.165) is 44.4 Å². The number of amides is 1. The Kier molecular flexibility index (Phi) is 12.3. The molecule has 0 radical (unpaired) electrons. The number of nitrogens with one attached hydrogen (secondary N) is 1. The van der Waals surface area contributed by atoms with Crippen LogP contribution >= 0.6 is 24.0 Å². The Bertz CT molecular complexity index is 598. The van der Waals surface area contributed by atoms with Gasteiger partial charge in [-0.25, -0.2) is 0 Å². The molecule has 0 bridgehead atoms. The van der Waals surface area contributed by atoms with E-state index in [-0.39, 0.29) is 35.9 Å². The van der Waals surface area contributed by atoms with Gasteiger partial charge in [0.25, 0.3) is 0 Å². The number of likely N-dealkylation sites (N-methyl/N-ethyl adjacent to an activating group) is 2. The van der Waals surface area contributed by atoms with Crippen molar-refractivity contribution in [2.75, 3.05) is 52.9 Å². The number of rotatable bonds is 9. The highest BCUT2D eigenvalue weighted by Crippen LogP contribution is 2.25. The van der Waals surface area contributed by atoms with E-state index in [1.54, 1.807) is 6.26 Å². The van der Waals surface area contributed by atoms with Gasteiger partial charge in [-0.05, 0) is 58.8 Å². The first-order valence-corrected chi connectivity index (χ1v) is 10.6. The van der Waals surface area contributed by atoms with Gasteiger partial charge in [0.05, 0.1) is 25.4 Å². The quantitative estimate of drug-likeness (QED) is 0.309. The van der Waals surface area contributed by atoms with Crippen molar-refractivity contribution in [3.63, 3.8) is 0 Å². The molecule has 8 heteroatoms. The second-order valence-corrected chi connectivity index (χ2v) is 7.24. The summed E-state index contributed by atoms with van der Waals surface area (Å²) in [5.41, 5.74) is 0. The average molecular weight is 519 g/mol. The SMILES string of the molecule is CCNC(=NCC(c1ccco1)N1CCCCC1)N(C)CC(=O)N(CC)CC.I. The molecule has 1 N–H and O–H groups in total. The summed E-state index contributed by atoms with van der Waals surface area (Å²) in [6.45, 7) is 11.4. The summed E-state index contributed by atoms with van der Waals surface area (Å²) in [4.78, 5) is 23.6. The molecular weight excluding hydrogens is 481 g/mol. The fraction of sp³-hybridized carbons (Fsp3) is 0.714. The van der Waals surface area contributed by atoms with Crippen molar-refractivity contribution in [2.45, 2.75) is 46.1 Å². The number of carbonyl (C=O) groups is 1. The minimum atomic E-state index is 0. The van der Waals surface area contributed by atoms with Crippen LogP contribution in [0.1, 0.15) is 51.8 Å². The van der Waals surface area contributed by atoms with Crippen LogP contribution in [0.2, 0.25) is 0 Å². The Balaban J connectivity index is 0.00000420. The number of halogens is 1. The zero-order chi connectivity index (χ0) is 20.4. The van der Waals surface area contributed by atoms with E-state index in [4.69, 9.17) is 9.41 Å². The van der Waals surface area contributed by atoms with Gasteiger partial charge in [-0.1, -0.05) is 6.42 Å². The van der Waals surface area contributed by atoms with Crippen LogP contribution in [-0.2, 0) is 4.79 Å². The summed E-state index contributed by atoms with van der Waals surface area (Å²) >= 11 is 0. The van der Waals surface area contributed by atoms with Crippen molar-refractivity contribution >= 4 is 35.8 Å². The Labute approximate surface area is 192 Å². The Hall–Kier alpha value is -1.29. The number of hydrogen-bond donors (Lipinski definition) is 1. The lowest BCUT2D eigenvalue weighted by molar-refractivity contribution is -0.131. The van der Waals surface area contributed by atoms with Gasteiger partial charge in [-0.3, -0.25) is 14.7 Å². The van der Waals surface area contributed by atoms with Gasteiger partial charge in [-0.2, -0.15) is 0 Å². The number of nitrogens with zero attached hydrogens (tertiary/aromatic N) is 4. The molecule has 1 atom stereocenters. The van der Waals surface area contributed by atoms with Crippen LogP contribution in [0.3, 0.4) is 0 Å². The van der Waals surface area contributed by atoms with E-state index in [1.165, 1.54) is 19.3 Å². The van der Waals surface area contributed by atoms with Crippen LogP contribution in [0.5, 0.6) is 0 Å². The largest absolute Gasteiger partial charge is 0.468 e. The molecule has 1 aliphatic heterocycles. The molecule has 1 aliphatic rings. The zero-order valence-corrected chi connectivity index (χ0v) is 20.7. The lowest BCUT2D eigenvalue weighted by atomic mass is 10.1. The van der Waals surface area contributed by atoms with Crippen LogP contribution in [0.15, 0.2) is 27.8 Å². The summed E-state index contributed by atoms with van der Waals surface area (Å²) in [5.74, 6) is 1.84. The smallest absolute Gasteiger partial charge is 0.242 e. The second-order valence-electron chi connectivity index (χ2n) is 7.24. The molecule has 29 heavy (non-hydrogen) atoms. The van der Waals surface area contributed by atoms with Crippen LogP contribution in [0, 0.1) is 0 Å². The molecule has 0 aromatic carbocycles. The maximum Gasteiger partial charge on any atom is 0.242 e. The minimum Gasteiger partial charge on any atom is -0.468 e. The van der Waals surface area contributed by atoms with Gasteiger partial charge >= 0.3 is 0 Å². The fourth-order valence-corrected chi connectivity index (χ4v) is 3.69. The third kappa shape index (κ3) is 7.81. The number of likely N-dealkylation sites (tertiary alicyclic amines) is 1. The van der Waals surface area contributed by atoms with E-state index in [2.05, 4.69) is 10.2 Å². The number of furan rings is 1. The van der Waals surface area contributed by atoms with Gasteiger partial charge < -0.3 is 19.5 Å². The molecule has 1 unspecified atom stereocenters. The monoisotopic (exact) mass is 519 g/mol. The first kappa shape index (κ1) is 25.7. The predicted molar refractivity (Wildman–Crippen MR) is 129 cm³/mol. The number of piperidine rings is 1. The van der Waals surface area contributed by atoms with E-state index in [1.807, 2.05) is 49.8 Å². The lowest BCUT2D eigenvalue weighted by Crippen LogP contribution is -2.46. The van der Waals surface area contributed by atoms with E-state index >= 15 is 0 Å². The molecule has 0 spiro atoms. The van der Waals surface area contributed by atoms with Crippen molar-refractivity contribution in [3.05, 3.63) is 24.2 Å². The predicted octanol–water partition coefficient (Wildman–Crippen LogP) is 3.19. The van der Waals surface area contributed by atoms with E-state index in [0.29, 0.717) is 13.1 Å². The Morgan fingerprint density at radius 1 is 1.24 bits per heavy atom. The van der Waals surface area contributed by atoms with Crippen LogP contribution in [-0.4, -0.2) is 79.4 Å². The van der Waals surface area contributed by atoms with Gasteiger partial charge in [-0.15, -0.1) is 24.0 Å². The maximum absolute atomic E-state index is 12.5. The van der Waals surface area contributed by atoms with E-state index in [9.17, 15) is 4.79 Å². The van der Waals surface area contributed by atoms with Gasteiger partial charge in [0, 0.05) is 26.7 Å². The molecule has 7 nitrogen and oxygen atoms in total. The molecule has 1 fully saturated rings. The summed E-state index contributed by atoms with van der Waals surface area (Å²) < 4.78 is 5.72. The molecule has 1 amide bonds. The third-order valence-electron chi connectivity index (χ3n) is 5.30. The number of carbonyl (C=O) groups excluding carboxylic acids is 1. The molecule has 2 heterocycles. The van der Waals surface area contributed by atoms with Gasteiger partial charge in [0.15, 0.2) is 5.96 Å². The van der Waals surface area contributed by atoms with E-state index < -0.39 is 0 Å². The van der Waals surface area contributed by atoms with Crippen LogP contribution in [0.4, 0.5) is 0 Å². The molecule has 0 saturated carbocycles. The summed E-state index contributed by atoms with van der Waals surface area (Å²) in [7, 11) is 1.92. The average Bonchev–Trinajstić information content (AvgIpc) is 3.23. The first-order chi connectivity index (χ1) is 13.6. The summed E-state index contributed by atoms with van der Waals surface area (Å²) in [6.07, 6.45) is 5.47. The molecule has 0 aliphatic carbocycles.